The molecule has 3 rings (SSSR count). The zero-order valence-corrected chi connectivity index (χ0v) is 10.6. The summed E-state index contributed by atoms with van der Waals surface area (Å²) in [5, 5.41) is 9.11. The maximum atomic E-state index is 11.1. The first-order chi connectivity index (χ1) is 9.15. The van der Waals surface area contributed by atoms with Crippen LogP contribution in [-0.4, -0.2) is 21.0 Å². The number of nitrogens with zero attached hydrogens (tertiary/aromatic N) is 2. The fourth-order valence-corrected chi connectivity index (χ4v) is 2.52. The minimum absolute atomic E-state index is 0.311. The van der Waals surface area contributed by atoms with Crippen LogP contribution in [0.4, 0.5) is 0 Å². The SMILES string of the molecule is Cc1nc(-c2ccoc2)nc2c1CC(C(=O)O)CC2. The molecule has 0 saturated heterocycles. The number of aryl methyl sites for hydroxylation is 2. The van der Waals surface area contributed by atoms with E-state index in [-0.39, 0.29) is 5.92 Å². The Bertz CT molecular complexity index is 620. The lowest BCUT2D eigenvalue weighted by molar-refractivity contribution is -0.142. The maximum absolute atomic E-state index is 11.1. The average molecular weight is 258 g/mol. The van der Waals surface area contributed by atoms with Gasteiger partial charge in [0, 0.05) is 11.4 Å². The van der Waals surface area contributed by atoms with Gasteiger partial charge in [-0.3, -0.25) is 4.79 Å². The van der Waals surface area contributed by atoms with Crippen molar-refractivity contribution in [2.45, 2.75) is 26.2 Å². The van der Waals surface area contributed by atoms with Gasteiger partial charge in [-0.1, -0.05) is 0 Å². The molecule has 19 heavy (non-hydrogen) atoms. The molecule has 5 nitrogen and oxygen atoms in total. The smallest absolute Gasteiger partial charge is 0.306 e. The standard InChI is InChI=1S/C14H14N2O3/c1-8-11-6-9(14(17)18)2-3-12(11)16-13(15-8)10-4-5-19-7-10/h4-5,7,9H,2-3,6H2,1H3,(H,17,18). The number of furan rings is 1. The third kappa shape index (κ3) is 2.12. The summed E-state index contributed by atoms with van der Waals surface area (Å²) >= 11 is 0. The zero-order chi connectivity index (χ0) is 13.4. The summed E-state index contributed by atoms with van der Waals surface area (Å²) in [6.07, 6.45) is 5.07. The lowest BCUT2D eigenvalue weighted by atomic mass is 9.86. The summed E-state index contributed by atoms with van der Waals surface area (Å²) < 4.78 is 5.04. The van der Waals surface area contributed by atoms with Gasteiger partial charge in [0.25, 0.3) is 0 Å². The quantitative estimate of drug-likeness (QED) is 0.893. The minimum Gasteiger partial charge on any atom is -0.481 e. The van der Waals surface area contributed by atoms with Crippen LogP contribution in [0.5, 0.6) is 0 Å². The molecule has 0 aliphatic heterocycles. The third-order valence-electron chi connectivity index (χ3n) is 3.61. The second-order valence-electron chi connectivity index (χ2n) is 4.85. The highest BCUT2D eigenvalue weighted by molar-refractivity contribution is 5.71. The highest BCUT2D eigenvalue weighted by atomic mass is 16.4. The Morgan fingerprint density at radius 1 is 1.47 bits per heavy atom. The molecule has 1 unspecified atom stereocenters. The predicted octanol–water partition coefficient (Wildman–Crippen LogP) is 2.23. The zero-order valence-electron chi connectivity index (χ0n) is 10.6. The summed E-state index contributed by atoms with van der Waals surface area (Å²) in [7, 11) is 0. The molecule has 2 aromatic heterocycles. The molecule has 98 valence electrons. The first kappa shape index (κ1) is 11.9. The highest BCUT2D eigenvalue weighted by Crippen LogP contribution is 2.28. The lowest BCUT2D eigenvalue weighted by Gasteiger charge is -2.22. The van der Waals surface area contributed by atoms with Crippen LogP contribution in [0, 0.1) is 12.8 Å². The number of carboxylic acid groups (broad SMARTS) is 1. The summed E-state index contributed by atoms with van der Waals surface area (Å²) in [6, 6.07) is 1.82. The molecule has 0 amide bonds. The number of aromatic nitrogens is 2. The van der Waals surface area contributed by atoms with Crippen molar-refractivity contribution in [1.82, 2.24) is 9.97 Å². The lowest BCUT2D eigenvalue weighted by Crippen LogP contribution is -2.24. The van der Waals surface area contributed by atoms with E-state index in [1.165, 1.54) is 0 Å². The Labute approximate surface area is 110 Å². The largest absolute Gasteiger partial charge is 0.481 e. The van der Waals surface area contributed by atoms with Gasteiger partial charge in [-0.05, 0) is 37.8 Å². The second-order valence-corrected chi connectivity index (χ2v) is 4.85. The van der Waals surface area contributed by atoms with Crippen LogP contribution < -0.4 is 0 Å². The molecule has 1 aliphatic carbocycles. The van der Waals surface area contributed by atoms with Crippen molar-refractivity contribution in [3.8, 4) is 11.4 Å². The van der Waals surface area contributed by atoms with E-state index in [1.54, 1.807) is 12.5 Å². The van der Waals surface area contributed by atoms with Gasteiger partial charge in [-0.25, -0.2) is 9.97 Å². The molecule has 0 spiro atoms. The van der Waals surface area contributed by atoms with Gasteiger partial charge in [-0.2, -0.15) is 0 Å². The Morgan fingerprint density at radius 2 is 2.32 bits per heavy atom. The molecule has 1 N–H and O–H groups in total. The first-order valence-corrected chi connectivity index (χ1v) is 6.27. The van der Waals surface area contributed by atoms with Crippen molar-refractivity contribution in [3.05, 3.63) is 35.5 Å². The molecular weight excluding hydrogens is 244 g/mol. The van der Waals surface area contributed by atoms with Crippen LogP contribution in [0.3, 0.4) is 0 Å². The maximum Gasteiger partial charge on any atom is 0.306 e. The molecule has 2 heterocycles. The molecule has 5 heteroatoms. The van der Waals surface area contributed by atoms with Gasteiger partial charge in [0.05, 0.1) is 17.7 Å². The van der Waals surface area contributed by atoms with Gasteiger partial charge in [0.1, 0.15) is 6.26 Å². The van der Waals surface area contributed by atoms with E-state index >= 15 is 0 Å². The van der Waals surface area contributed by atoms with E-state index < -0.39 is 5.97 Å². The van der Waals surface area contributed by atoms with E-state index in [1.807, 2.05) is 13.0 Å². The molecular formula is C14H14N2O3. The molecule has 0 fully saturated rings. The van der Waals surface area contributed by atoms with E-state index in [4.69, 9.17) is 9.52 Å². The number of carboxylic acids is 1. The van der Waals surface area contributed by atoms with Crippen molar-refractivity contribution in [2.75, 3.05) is 0 Å². The molecule has 2 aromatic rings. The topological polar surface area (TPSA) is 76.2 Å². The normalized spacial score (nSPS) is 18.1. The van der Waals surface area contributed by atoms with Gasteiger partial charge in [-0.15, -0.1) is 0 Å². The van der Waals surface area contributed by atoms with Crippen molar-refractivity contribution in [2.24, 2.45) is 5.92 Å². The van der Waals surface area contributed by atoms with Crippen molar-refractivity contribution < 1.29 is 14.3 Å². The number of rotatable bonds is 2. The number of aliphatic carboxylic acids is 1. The molecule has 1 aliphatic rings. The van der Waals surface area contributed by atoms with Gasteiger partial charge in [0.15, 0.2) is 5.82 Å². The fourth-order valence-electron chi connectivity index (χ4n) is 2.52. The van der Waals surface area contributed by atoms with Crippen LogP contribution in [0.25, 0.3) is 11.4 Å². The predicted molar refractivity (Wildman–Crippen MR) is 67.6 cm³/mol. The van der Waals surface area contributed by atoms with Crippen LogP contribution in [0.2, 0.25) is 0 Å². The third-order valence-corrected chi connectivity index (χ3v) is 3.61. The number of carbonyl (C=O) groups is 1. The van der Waals surface area contributed by atoms with Crippen molar-refractivity contribution in [1.29, 1.82) is 0 Å². The van der Waals surface area contributed by atoms with Crippen LogP contribution in [0.1, 0.15) is 23.4 Å². The van der Waals surface area contributed by atoms with Crippen molar-refractivity contribution in [3.63, 3.8) is 0 Å². The summed E-state index contributed by atoms with van der Waals surface area (Å²) in [6.45, 7) is 1.91. The minimum atomic E-state index is -0.732. The number of hydrogen-bond acceptors (Lipinski definition) is 4. The van der Waals surface area contributed by atoms with Gasteiger partial charge < -0.3 is 9.52 Å². The Kier molecular flexibility index (Phi) is 2.81. The van der Waals surface area contributed by atoms with Gasteiger partial charge >= 0.3 is 5.97 Å². The van der Waals surface area contributed by atoms with E-state index in [2.05, 4.69) is 9.97 Å². The molecule has 0 radical (unpaired) electrons. The molecule has 1 atom stereocenters. The Hall–Kier alpha value is -2.17. The number of fused-ring (bicyclic) bond motifs is 1. The first-order valence-electron chi connectivity index (χ1n) is 6.27. The van der Waals surface area contributed by atoms with E-state index in [0.717, 1.165) is 22.5 Å². The Morgan fingerprint density at radius 3 is 3.00 bits per heavy atom. The molecule has 0 bridgehead atoms. The Balaban J connectivity index is 2.00. The second kappa shape index (κ2) is 4.50. The fraction of sp³-hybridized carbons (Fsp3) is 0.357. The van der Waals surface area contributed by atoms with Crippen LogP contribution in [-0.2, 0) is 17.6 Å². The average Bonchev–Trinajstić information content (AvgIpc) is 2.92. The van der Waals surface area contributed by atoms with E-state index in [0.29, 0.717) is 25.1 Å². The molecule has 0 saturated carbocycles. The summed E-state index contributed by atoms with van der Waals surface area (Å²) in [5.74, 6) is -0.391. The number of hydrogen-bond donors (Lipinski definition) is 1. The highest BCUT2D eigenvalue weighted by Gasteiger charge is 2.27. The molecule has 0 aromatic carbocycles. The van der Waals surface area contributed by atoms with Gasteiger partial charge in [0.2, 0.25) is 0 Å². The summed E-state index contributed by atoms with van der Waals surface area (Å²) in [4.78, 5) is 20.1. The van der Waals surface area contributed by atoms with Crippen molar-refractivity contribution >= 4 is 5.97 Å². The monoisotopic (exact) mass is 258 g/mol. The van der Waals surface area contributed by atoms with Crippen LogP contribution >= 0.6 is 0 Å². The summed E-state index contributed by atoms with van der Waals surface area (Å²) in [5.41, 5.74) is 3.69. The van der Waals surface area contributed by atoms with E-state index in [9.17, 15) is 4.79 Å². The van der Waals surface area contributed by atoms with Crippen LogP contribution in [0.15, 0.2) is 23.0 Å².